The van der Waals surface area contributed by atoms with Gasteiger partial charge in [0.1, 0.15) is 19.0 Å². The van der Waals surface area contributed by atoms with E-state index >= 15 is 0 Å². The van der Waals surface area contributed by atoms with Crippen molar-refractivity contribution in [3.8, 4) is 5.75 Å². The molecule has 5 nitrogen and oxygen atoms in total. The van der Waals surface area contributed by atoms with E-state index in [1.807, 2.05) is 17.0 Å². The van der Waals surface area contributed by atoms with Crippen molar-refractivity contribution in [1.29, 1.82) is 0 Å². The topological polar surface area (TPSA) is 55.8 Å². The number of aryl methyl sites for hydroxylation is 1. The van der Waals surface area contributed by atoms with Crippen LogP contribution in [-0.2, 0) is 20.7 Å². The quantitative estimate of drug-likeness (QED) is 0.635. The largest absolute Gasteiger partial charge is 0.490 e. The highest BCUT2D eigenvalue weighted by molar-refractivity contribution is 5.80. The van der Waals surface area contributed by atoms with E-state index in [1.165, 1.54) is 24.8 Å². The zero-order chi connectivity index (χ0) is 20.8. The minimum Gasteiger partial charge on any atom is -0.490 e. The van der Waals surface area contributed by atoms with Gasteiger partial charge in [-0.1, -0.05) is 43.9 Å². The number of para-hydroxylation sites is 1. The minimum absolute atomic E-state index is 0.0928. The van der Waals surface area contributed by atoms with Crippen molar-refractivity contribution in [3.05, 3.63) is 29.8 Å². The third-order valence-electron chi connectivity index (χ3n) is 7.32. The number of esters is 1. The fourth-order valence-electron chi connectivity index (χ4n) is 5.39. The van der Waals surface area contributed by atoms with Crippen molar-refractivity contribution < 1.29 is 19.1 Å². The average Bonchev–Trinajstić information content (AvgIpc) is 2.80. The molecular weight excluding hydrogens is 378 g/mol. The number of rotatable bonds is 1. The van der Waals surface area contributed by atoms with Crippen LogP contribution in [0.5, 0.6) is 5.75 Å². The van der Waals surface area contributed by atoms with Crippen LogP contribution in [0.1, 0.15) is 69.8 Å². The lowest BCUT2D eigenvalue weighted by Crippen LogP contribution is -2.49. The van der Waals surface area contributed by atoms with Gasteiger partial charge in [-0.2, -0.15) is 0 Å². The van der Waals surface area contributed by atoms with Gasteiger partial charge in [-0.15, -0.1) is 0 Å². The molecule has 5 heteroatoms. The summed E-state index contributed by atoms with van der Waals surface area (Å²) in [6.45, 7) is 2.03. The van der Waals surface area contributed by atoms with Crippen LogP contribution in [-0.4, -0.2) is 43.1 Å². The Kier molecular flexibility index (Phi) is 6.96. The Morgan fingerprint density at radius 1 is 0.900 bits per heavy atom. The minimum atomic E-state index is -0.442. The van der Waals surface area contributed by atoms with E-state index in [-0.39, 0.29) is 18.5 Å². The number of nitrogens with zero attached hydrogens (tertiary/aromatic N) is 1. The molecule has 1 aromatic carbocycles. The maximum absolute atomic E-state index is 13.0. The number of amides is 1. The predicted molar refractivity (Wildman–Crippen MR) is 115 cm³/mol. The first-order chi connectivity index (χ1) is 14.7. The number of hydrogen-bond donors (Lipinski definition) is 0. The second kappa shape index (κ2) is 9.84. The molecule has 2 aliphatic heterocycles. The third-order valence-corrected chi connectivity index (χ3v) is 7.32. The maximum Gasteiger partial charge on any atom is 0.312 e. The number of carbonyl (C=O) groups excluding carboxylic acids is 2. The molecule has 1 aliphatic carbocycles. The first-order valence-electron chi connectivity index (χ1n) is 11.8. The van der Waals surface area contributed by atoms with Crippen LogP contribution >= 0.6 is 0 Å². The van der Waals surface area contributed by atoms with Gasteiger partial charge in [0.05, 0.1) is 5.41 Å². The molecule has 0 aromatic heterocycles. The Morgan fingerprint density at radius 2 is 1.63 bits per heavy atom. The van der Waals surface area contributed by atoms with E-state index in [0.29, 0.717) is 25.6 Å². The van der Waals surface area contributed by atoms with E-state index in [1.54, 1.807) is 0 Å². The first-order valence-corrected chi connectivity index (χ1v) is 11.8. The van der Waals surface area contributed by atoms with Crippen molar-refractivity contribution in [2.24, 2.45) is 11.3 Å². The number of carbonyl (C=O) groups is 2. The van der Waals surface area contributed by atoms with E-state index in [9.17, 15) is 9.59 Å². The van der Waals surface area contributed by atoms with E-state index in [0.717, 1.165) is 57.1 Å². The highest BCUT2D eigenvalue weighted by Gasteiger charge is 2.43. The number of ether oxygens (including phenoxy) is 2. The number of piperidine rings is 1. The van der Waals surface area contributed by atoms with Crippen molar-refractivity contribution in [1.82, 2.24) is 4.90 Å². The van der Waals surface area contributed by atoms with Crippen LogP contribution in [0, 0.1) is 11.3 Å². The van der Waals surface area contributed by atoms with Crippen molar-refractivity contribution in [3.63, 3.8) is 0 Å². The molecule has 4 rings (SSSR count). The summed E-state index contributed by atoms with van der Waals surface area (Å²) in [6.07, 6.45) is 10.9. The molecule has 30 heavy (non-hydrogen) atoms. The fraction of sp³-hybridized carbons (Fsp3) is 0.680. The second-order valence-electron chi connectivity index (χ2n) is 9.24. The smallest absolute Gasteiger partial charge is 0.312 e. The van der Waals surface area contributed by atoms with Gasteiger partial charge < -0.3 is 14.4 Å². The molecule has 3 aliphatic rings. The van der Waals surface area contributed by atoms with Crippen LogP contribution in [0.3, 0.4) is 0 Å². The molecule has 1 saturated carbocycles. The Hall–Kier alpha value is -2.04. The zero-order valence-corrected chi connectivity index (χ0v) is 18.1. The van der Waals surface area contributed by atoms with Gasteiger partial charge >= 0.3 is 5.97 Å². The molecule has 2 heterocycles. The van der Waals surface area contributed by atoms with E-state index < -0.39 is 5.41 Å². The molecule has 1 spiro atoms. The van der Waals surface area contributed by atoms with Crippen molar-refractivity contribution in [2.75, 3.05) is 26.3 Å². The zero-order valence-electron chi connectivity index (χ0n) is 18.1. The average molecular weight is 414 g/mol. The molecule has 0 atom stereocenters. The molecular formula is C25H35NO4. The van der Waals surface area contributed by atoms with Crippen LogP contribution < -0.4 is 4.74 Å². The summed E-state index contributed by atoms with van der Waals surface area (Å²) in [4.78, 5) is 28.0. The van der Waals surface area contributed by atoms with Crippen LogP contribution in [0.15, 0.2) is 24.3 Å². The molecule has 1 saturated heterocycles. The predicted octanol–water partition coefficient (Wildman–Crippen LogP) is 4.52. The number of cyclic esters (lactones) is 1. The maximum atomic E-state index is 13.0. The number of fused-ring (bicyclic) bond motifs is 1. The van der Waals surface area contributed by atoms with Gasteiger partial charge in [-0.3, -0.25) is 9.59 Å². The lowest BCUT2D eigenvalue weighted by Gasteiger charge is -2.41. The summed E-state index contributed by atoms with van der Waals surface area (Å²) in [6, 6.07) is 8.14. The van der Waals surface area contributed by atoms with Crippen molar-refractivity contribution in [2.45, 2.75) is 70.6 Å². The molecule has 2 fully saturated rings. The normalized spacial score (nSPS) is 23.5. The number of hydrogen-bond acceptors (Lipinski definition) is 4. The summed E-state index contributed by atoms with van der Waals surface area (Å²) in [5.41, 5.74) is 0.786. The van der Waals surface area contributed by atoms with E-state index in [4.69, 9.17) is 9.47 Å². The van der Waals surface area contributed by atoms with Gasteiger partial charge in [0.15, 0.2) is 0 Å². The summed E-state index contributed by atoms with van der Waals surface area (Å²) in [5.74, 6) is 1.33. The molecule has 1 aromatic rings. The monoisotopic (exact) mass is 413 g/mol. The number of benzene rings is 1. The molecule has 1 amide bonds. The van der Waals surface area contributed by atoms with Gasteiger partial charge in [0.25, 0.3) is 0 Å². The Bertz CT molecular complexity index is 732. The fourth-order valence-corrected chi connectivity index (χ4v) is 5.39. The molecule has 164 valence electrons. The van der Waals surface area contributed by atoms with Crippen LogP contribution in [0.2, 0.25) is 0 Å². The summed E-state index contributed by atoms with van der Waals surface area (Å²) in [7, 11) is 0. The SMILES string of the molecule is O=C(C1CCCCC1)N1CCC2(CCCCc3ccccc3OCCOC2=O)CC1. The Balaban J connectivity index is 1.38. The first kappa shape index (κ1) is 21.2. The van der Waals surface area contributed by atoms with Crippen LogP contribution in [0.25, 0.3) is 0 Å². The second-order valence-corrected chi connectivity index (χ2v) is 9.24. The van der Waals surface area contributed by atoms with Gasteiger partial charge in [-0.05, 0) is 56.6 Å². The highest BCUT2D eigenvalue weighted by Crippen LogP contribution is 2.39. The standard InChI is InChI=1S/C25H35NO4/c27-23(21-10-2-1-3-11-21)26-16-14-25(15-17-26)13-7-6-9-20-8-4-5-12-22(20)29-18-19-30-24(25)28/h4-5,8,12,21H,1-3,6-7,9-11,13-19H2. The Morgan fingerprint density at radius 3 is 2.43 bits per heavy atom. The summed E-state index contributed by atoms with van der Waals surface area (Å²) >= 11 is 0. The Labute approximate surface area is 180 Å². The molecule has 0 unspecified atom stereocenters. The molecule has 0 N–H and O–H groups in total. The van der Waals surface area contributed by atoms with E-state index in [2.05, 4.69) is 12.1 Å². The molecule has 0 bridgehead atoms. The summed E-state index contributed by atoms with van der Waals surface area (Å²) in [5, 5.41) is 0. The van der Waals surface area contributed by atoms with Gasteiger partial charge in [0.2, 0.25) is 5.91 Å². The molecule has 0 radical (unpaired) electrons. The lowest BCUT2D eigenvalue weighted by atomic mass is 9.74. The van der Waals surface area contributed by atoms with Crippen LogP contribution in [0.4, 0.5) is 0 Å². The highest BCUT2D eigenvalue weighted by atomic mass is 16.6. The lowest BCUT2D eigenvalue weighted by molar-refractivity contribution is -0.162. The van der Waals surface area contributed by atoms with Gasteiger partial charge in [0, 0.05) is 19.0 Å². The van der Waals surface area contributed by atoms with Gasteiger partial charge in [-0.25, -0.2) is 0 Å². The summed E-state index contributed by atoms with van der Waals surface area (Å²) < 4.78 is 11.5. The number of likely N-dealkylation sites (tertiary alicyclic amines) is 1. The third kappa shape index (κ3) is 4.81. The van der Waals surface area contributed by atoms with Crippen molar-refractivity contribution >= 4 is 11.9 Å².